The molecule has 2 N–H and O–H groups in total. The molecule has 0 fully saturated rings. The van der Waals surface area contributed by atoms with Crippen molar-refractivity contribution in [1.82, 2.24) is 9.71 Å². The van der Waals surface area contributed by atoms with Gasteiger partial charge in [0, 0.05) is 16.8 Å². The number of carbonyl (C=O) groups is 2. The van der Waals surface area contributed by atoms with Crippen LogP contribution in [0.15, 0.2) is 60.7 Å². The number of carbonyl (C=O) groups excluding carboxylic acids is 2. The van der Waals surface area contributed by atoms with Crippen LogP contribution in [0, 0.1) is 20.8 Å². The van der Waals surface area contributed by atoms with Crippen molar-refractivity contribution in [2.75, 3.05) is 19.5 Å². The van der Waals surface area contributed by atoms with E-state index in [1.54, 1.807) is 38.3 Å². The number of nitrogens with one attached hydrogen (secondary N) is 1. The number of esters is 1. The molecule has 8 heteroatoms. The van der Waals surface area contributed by atoms with Gasteiger partial charge in [0.1, 0.15) is 5.75 Å². The topological polar surface area (TPSA) is 103 Å². The number of amides is 1. The predicted molar refractivity (Wildman–Crippen MR) is 137 cm³/mol. The maximum atomic E-state index is 13.1. The van der Waals surface area contributed by atoms with Gasteiger partial charge < -0.3 is 20.0 Å². The number of hydrogen-bond donors (Lipinski definition) is 2. The second-order valence-corrected chi connectivity index (χ2v) is 8.39. The van der Waals surface area contributed by atoms with Gasteiger partial charge in [-0.1, -0.05) is 24.3 Å². The first-order valence-corrected chi connectivity index (χ1v) is 11.3. The minimum Gasteiger partial charge on any atom is -0.496 e. The lowest BCUT2D eigenvalue weighted by Crippen LogP contribution is -2.18. The molecule has 1 amide bonds. The van der Waals surface area contributed by atoms with Gasteiger partial charge in [-0.25, -0.2) is 9.78 Å². The summed E-state index contributed by atoms with van der Waals surface area (Å²) in [6.45, 7) is 5.71. The summed E-state index contributed by atoms with van der Waals surface area (Å²) in [5.74, 6) is -0.182. The second-order valence-electron chi connectivity index (χ2n) is 8.39. The molecule has 0 saturated heterocycles. The lowest BCUT2D eigenvalue weighted by Gasteiger charge is -2.15. The van der Waals surface area contributed by atoms with Gasteiger partial charge in [0.25, 0.3) is 5.91 Å². The number of imidazole rings is 1. The summed E-state index contributed by atoms with van der Waals surface area (Å²) in [5.41, 5.74) is 5.69. The maximum absolute atomic E-state index is 13.1. The zero-order valence-corrected chi connectivity index (χ0v) is 20.7. The second kappa shape index (κ2) is 9.95. The molecule has 0 aliphatic carbocycles. The van der Waals surface area contributed by atoms with Gasteiger partial charge in [-0.15, -0.1) is 0 Å². The van der Waals surface area contributed by atoms with Crippen LogP contribution in [0.25, 0.3) is 22.5 Å². The molecule has 4 rings (SSSR count). The van der Waals surface area contributed by atoms with E-state index in [1.807, 2.05) is 44.2 Å². The van der Waals surface area contributed by atoms with Crippen molar-refractivity contribution in [3.8, 4) is 28.3 Å². The molecule has 184 valence electrons. The van der Waals surface area contributed by atoms with Gasteiger partial charge in [0.05, 0.1) is 25.5 Å². The third-order valence-corrected chi connectivity index (χ3v) is 5.99. The number of methoxy groups -OCH3 is 2. The molecule has 0 atom stereocenters. The van der Waals surface area contributed by atoms with Crippen LogP contribution in [0.4, 0.5) is 5.69 Å². The molecular weight excluding hydrogens is 458 g/mol. The quantitative estimate of drug-likeness (QED) is 0.279. The predicted octanol–water partition coefficient (Wildman–Crippen LogP) is 5.43. The van der Waals surface area contributed by atoms with E-state index in [9.17, 15) is 14.8 Å². The number of ether oxygens (including phenoxy) is 2. The Morgan fingerprint density at radius 3 is 2.31 bits per heavy atom. The summed E-state index contributed by atoms with van der Waals surface area (Å²) in [6, 6.07) is 17.9. The van der Waals surface area contributed by atoms with Gasteiger partial charge in [-0.3, -0.25) is 4.79 Å². The summed E-state index contributed by atoms with van der Waals surface area (Å²) in [4.78, 5) is 29.3. The first-order chi connectivity index (χ1) is 17.2. The summed E-state index contributed by atoms with van der Waals surface area (Å²) in [5, 5.41) is 13.7. The van der Waals surface area contributed by atoms with Crippen molar-refractivity contribution < 1.29 is 24.3 Å². The highest BCUT2D eigenvalue weighted by Gasteiger charge is 2.23. The third kappa shape index (κ3) is 4.53. The Morgan fingerprint density at radius 2 is 1.64 bits per heavy atom. The number of benzene rings is 3. The molecule has 0 spiro atoms. The standard InChI is InChI=1S/C28H27N3O5/c1-16-8-6-9-17(2)24(16)22-15-19(12-13-23(22)35-4)26-29-18(3)25(31(26)34)27(32)30-21-11-7-10-20(14-21)28(33)36-5/h6-15,34H,1-5H3,(H,30,32). The number of anilines is 1. The van der Waals surface area contributed by atoms with Crippen molar-refractivity contribution in [3.05, 3.63) is 88.7 Å². The number of hydrogen-bond acceptors (Lipinski definition) is 6. The molecule has 36 heavy (non-hydrogen) atoms. The van der Waals surface area contributed by atoms with Gasteiger partial charge in [0.2, 0.25) is 0 Å². The minimum atomic E-state index is -0.570. The zero-order chi connectivity index (χ0) is 26.0. The Labute approximate surface area is 209 Å². The average molecular weight is 486 g/mol. The van der Waals surface area contributed by atoms with Gasteiger partial charge in [-0.05, 0) is 73.9 Å². The molecule has 4 aromatic rings. The van der Waals surface area contributed by atoms with Crippen LogP contribution >= 0.6 is 0 Å². The van der Waals surface area contributed by atoms with Gasteiger partial charge in [-0.2, -0.15) is 4.73 Å². The lowest BCUT2D eigenvalue weighted by molar-refractivity contribution is 0.0600. The van der Waals surface area contributed by atoms with Crippen LogP contribution in [0.2, 0.25) is 0 Å². The maximum Gasteiger partial charge on any atom is 0.337 e. The van der Waals surface area contributed by atoms with Crippen molar-refractivity contribution in [3.63, 3.8) is 0 Å². The van der Waals surface area contributed by atoms with Crippen LogP contribution in [0.3, 0.4) is 0 Å². The Morgan fingerprint density at radius 1 is 0.944 bits per heavy atom. The SMILES string of the molecule is COC(=O)c1cccc(NC(=O)c2c(C)nc(-c3ccc(OC)c(-c4c(C)cccc4C)c3)n2O)c1. The molecule has 1 aromatic heterocycles. The Kier molecular flexibility index (Phi) is 6.78. The fourth-order valence-electron chi connectivity index (χ4n) is 4.28. The summed E-state index contributed by atoms with van der Waals surface area (Å²) < 4.78 is 11.1. The number of nitrogens with zero attached hydrogens (tertiary/aromatic N) is 2. The van der Waals surface area contributed by atoms with Gasteiger partial charge >= 0.3 is 5.97 Å². The van der Waals surface area contributed by atoms with E-state index in [0.29, 0.717) is 28.3 Å². The highest BCUT2D eigenvalue weighted by atomic mass is 16.5. The summed E-state index contributed by atoms with van der Waals surface area (Å²) >= 11 is 0. The molecule has 3 aromatic carbocycles. The van der Waals surface area contributed by atoms with Crippen LogP contribution in [-0.4, -0.2) is 41.0 Å². The average Bonchev–Trinajstić information content (AvgIpc) is 3.17. The molecule has 8 nitrogen and oxygen atoms in total. The molecule has 0 aliphatic rings. The van der Waals surface area contributed by atoms with Crippen LogP contribution in [0.1, 0.15) is 37.7 Å². The molecule has 0 unspecified atom stereocenters. The Hall–Kier alpha value is -4.59. The molecule has 0 radical (unpaired) electrons. The lowest BCUT2D eigenvalue weighted by atomic mass is 9.93. The first-order valence-electron chi connectivity index (χ1n) is 11.3. The van der Waals surface area contributed by atoms with Crippen molar-refractivity contribution in [2.24, 2.45) is 0 Å². The van der Waals surface area contributed by atoms with Crippen molar-refractivity contribution in [2.45, 2.75) is 20.8 Å². The van der Waals surface area contributed by atoms with E-state index in [2.05, 4.69) is 10.3 Å². The highest BCUT2D eigenvalue weighted by Crippen LogP contribution is 2.37. The molecule has 0 saturated carbocycles. The summed E-state index contributed by atoms with van der Waals surface area (Å²) in [7, 11) is 2.90. The fourth-order valence-corrected chi connectivity index (χ4v) is 4.28. The highest BCUT2D eigenvalue weighted by molar-refractivity contribution is 6.05. The molecular formula is C28H27N3O5. The smallest absolute Gasteiger partial charge is 0.337 e. The van der Waals surface area contributed by atoms with E-state index in [4.69, 9.17) is 9.47 Å². The third-order valence-electron chi connectivity index (χ3n) is 5.99. The van der Waals surface area contributed by atoms with E-state index in [0.717, 1.165) is 27.0 Å². The monoisotopic (exact) mass is 485 g/mol. The normalized spacial score (nSPS) is 10.7. The van der Waals surface area contributed by atoms with Crippen LogP contribution < -0.4 is 10.1 Å². The molecule has 0 bridgehead atoms. The summed E-state index contributed by atoms with van der Waals surface area (Å²) in [6.07, 6.45) is 0. The molecule has 0 aliphatic heterocycles. The van der Waals surface area contributed by atoms with E-state index >= 15 is 0 Å². The van der Waals surface area contributed by atoms with Crippen LogP contribution in [0.5, 0.6) is 5.75 Å². The van der Waals surface area contributed by atoms with Crippen molar-refractivity contribution in [1.29, 1.82) is 0 Å². The fraction of sp³-hybridized carbons (Fsp3) is 0.179. The number of aromatic nitrogens is 2. The molecule has 1 heterocycles. The van der Waals surface area contributed by atoms with E-state index in [1.165, 1.54) is 13.2 Å². The number of aryl methyl sites for hydroxylation is 3. The van der Waals surface area contributed by atoms with E-state index < -0.39 is 11.9 Å². The van der Waals surface area contributed by atoms with Gasteiger partial charge in [0.15, 0.2) is 11.5 Å². The van der Waals surface area contributed by atoms with Crippen LogP contribution in [-0.2, 0) is 4.74 Å². The Balaban J connectivity index is 1.73. The minimum absolute atomic E-state index is 0.0158. The first kappa shape index (κ1) is 24.5. The number of rotatable bonds is 6. The largest absolute Gasteiger partial charge is 0.496 e. The Bertz CT molecular complexity index is 1450. The van der Waals surface area contributed by atoms with E-state index in [-0.39, 0.29) is 11.5 Å². The van der Waals surface area contributed by atoms with Crippen molar-refractivity contribution >= 4 is 17.6 Å². The zero-order valence-electron chi connectivity index (χ0n) is 20.7.